The van der Waals surface area contributed by atoms with Crippen LogP contribution in [0.25, 0.3) is 0 Å². The van der Waals surface area contributed by atoms with Crippen molar-refractivity contribution in [1.82, 2.24) is 9.80 Å². The number of amides is 1. The van der Waals surface area contributed by atoms with E-state index in [1.54, 1.807) is 4.90 Å². The molecule has 0 aromatic heterocycles. The van der Waals surface area contributed by atoms with E-state index in [0.717, 1.165) is 38.8 Å². The molecule has 2 fully saturated rings. The molecule has 0 aromatic carbocycles. The van der Waals surface area contributed by atoms with E-state index in [1.165, 1.54) is 25.9 Å². The predicted octanol–water partition coefficient (Wildman–Crippen LogP) is 2.49. The molecule has 0 saturated carbocycles. The number of nitrogens with zero attached hydrogens (tertiary/aromatic N) is 2. The molecule has 0 bridgehead atoms. The number of carbonyl (C=O) groups excluding carboxylic acids is 1. The lowest BCUT2D eigenvalue weighted by Crippen LogP contribution is -2.35. The molecule has 112 valence electrons. The summed E-state index contributed by atoms with van der Waals surface area (Å²) in [6.45, 7) is 6.59. The molecular weight excluding hydrogens is 252 g/mol. The lowest BCUT2D eigenvalue weighted by atomic mass is 10.2. The molecule has 2 heterocycles. The van der Waals surface area contributed by atoms with Crippen molar-refractivity contribution in [3.63, 3.8) is 0 Å². The summed E-state index contributed by atoms with van der Waals surface area (Å²) >= 11 is 0. The monoisotopic (exact) mass is 278 g/mol. The smallest absolute Gasteiger partial charge is 0.410 e. The maximum Gasteiger partial charge on any atom is 0.410 e. The number of ether oxygens (including phenoxy) is 1. The van der Waals surface area contributed by atoms with Crippen molar-refractivity contribution in [3.8, 4) is 11.8 Å². The molecule has 0 N–H and O–H groups in total. The van der Waals surface area contributed by atoms with Crippen LogP contribution >= 0.6 is 0 Å². The number of rotatable bonds is 4. The minimum absolute atomic E-state index is 0.0618. The van der Waals surface area contributed by atoms with E-state index in [1.807, 2.05) is 0 Å². The first-order valence-electron chi connectivity index (χ1n) is 7.95. The Morgan fingerprint density at radius 1 is 1.25 bits per heavy atom. The highest BCUT2D eigenvalue weighted by Crippen LogP contribution is 2.17. The Balaban J connectivity index is 1.77. The fourth-order valence-corrected chi connectivity index (χ4v) is 2.74. The number of carbonyl (C=O) groups is 1. The van der Waals surface area contributed by atoms with Gasteiger partial charge in [0.05, 0.1) is 19.2 Å². The lowest BCUT2D eigenvalue weighted by molar-refractivity contribution is 0.103. The normalized spacial score (nSPS) is 22.6. The summed E-state index contributed by atoms with van der Waals surface area (Å²) in [5.41, 5.74) is 0. The van der Waals surface area contributed by atoms with E-state index in [9.17, 15) is 4.79 Å². The maximum absolute atomic E-state index is 12.0. The van der Waals surface area contributed by atoms with Crippen molar-refractivity contribution in [2.24, 2.45) is 0 Å². The molecule has 2 saturated heterocycles. The third-order valence-corrected chi connectivity index (χ3v) is 3.98. The summed E-state index contributed by atoms with van der Waals surface area (Å²) in [4.78, 5) is 16.2. The average Bonchev–Trinajstić information content (AvgIpc) is 3.10. The van der Waals surface area contributed by atoms with Crippen LogP contribution in [-0.2, 0) is 4.74 Å². The Labute approximate surface area is 122 Å². The highest BCUT2D eigenvalue weighted by molar-refractivity contribution is 5.69. The SMILES string of the molecule is CCCCOC(=O)N1CCC[C@@H]1C#CCN1CCCC1. The molecule has 4 heteroatoms. The van der Waals surface area contributed by atoms with Gasteiger partial charge in [-0.1, -0.05) is 25.2 Å². The van der Waals surface area contributed by atoms with E-state index >= 15 is 0 Å². The molecule has 4 nitrogen and oxygen atoms in total. The molecule has 0 aromatic rings. The second-order valence-electron chi connectivity index (χ2n) is 5.62. The molecule has 0 aliphatic carbocycles. The molecule has 1 atom stereocenters. The molecule has 2 rings (SSSR count). The molecule has 20 heavy (non-hydrogen) atoms. The fourth-order valence-electron chi connectivity index (χ4n) is 2.74. The first-order chi connectivity index (χ1) is 9.81. The molecule has 2 aliphatic heterocycles. The van der Waals surface area contributed by atoms with Crippen LogP contribution in [0.15, 0.2) is 0 Å². The van der Waals surface area contributed by atoms with Crippen LogP contribution in [0.2, 0.25) is 0 Å². The van der Waals surface area contributed by atoms with Crippen molar-refractivity contribution >= 4 is 6.09 Å². The topological polar surface area (TPSA) is 32.8 Å². The summed E-state index contributed by atoms with van der Waals surface area (Å²) < 4.78 is 5.29. The lowest BCUT2D eigenvalue weighted by Gasteiger charge is -2.20. The Kier molecular flexibility index (Phi) is 6.20. The first kappa shape index (κ1) is 15.2. The molecule has 0 radical (unpaired) electrons. The Hall–Kier alpha value is -1.21. The molecule has 0 spiro atoms. The summed E-state index contributed by atoms with van der Waals surface area (Å²) in [7, 11) is 0. The third-order valence-electron chi connectivity index (χ3n) is 3.98. The zero-order valence-electron chi connectivity index (χ0n) is 12.6. The molecule has 0 unspecified atom stereocenters. The van der Waals surface area contributed by atoms with Gasteiger partial charge in [0.2, 0.25) is 0 Å². The number of hydrogen-bond acceptors (Lipinski definition) is 3. The fraction of sp³-hybridized carbons (Fsp3) is 0.812. The van der Waals surface area contributed by atoms with E-state index in [0.29, 0.717) is 6.61 Å². The molecular formula is C16H26N2O2. The van der Waals surface area contributed by atoms with Gasteiger partial charge in [0.25, 0.3) is 0 Å². The van der Waals surface area contributed by atoms with Gasteiger partial charge >= 0.3 is 6.09 Å². The van der Waals surface area contributed by atoms with Crippen LogP contribution in [0.1, 0.15) is 45.4 Å². The summed E-state index contributed by atoms with van der Waals surface area (Å²) in [6, 6.07) is 0.0618. The zero-order valence-corrected chi connectivity index (χ0v) is 12.6. The molecule has 2 aliphatic rings. The van der Waals surface area contributed by atoms with Gasteiger partial charge in [-0.15, -0.1) is 0 Å². The van der Waals surface area contributed by atoms with E-state index in [4.69, 9.17) is 4.74 Å². The summed E-state index contributed by atoms with van der Waals surface area (Å²) in [6.07, 6.45) is 6.40. The number of hydrogen-bond donors (Lipinski definition) is 0. The Morgan fingerprint density at radius 3 is 2.80 bits per heavy atom. The van der Waals surface area contributed by atoms with Gasteiger partial charge in [-0.25, -0.2) is 4.79 Å². The largest absolute Gasteiger partial charge is 0.449 e. The van der Waals surface area contributed by atoms with Crippen molar-refractivity contribution in [2.45, 2.75) is 51.5 Å². The second kappa shape index (κ2) is 8.16. The van der Waals surface area contributed by atoms with Crippen LogP contribution in [0.3, 0.4) is 0 Å². The van der Waals surface area contributed by atoms with Crippen molar-refractivity contribution in [1.29, 1.82) is 0 Å². The first-order valence-corrected chi connectivity index (χ1v) is 7.95. The van der Waals surface area contributed by atoms with Crippen LogP contribution in [0.5, 0.6) is 0 Å². The number of unbranched alkanes of at least 4 members (excludes halogenated alkanes) is 1. The van der Waals surface area contributed by atoms with Gasteiger partial charge in [0, 0.05) is 6.54 Å². The maximum atomic E-state index is 12.0. The van der Waals surface area contributed by atoms with Gasteiger partial charge in [-0.05, 0) is 45.2 Å². The van der Waals surface area contributed by atoms with Crippen LogP contribution in [0.4, 0.5) is 4.79 Å². The van der Waals surface area contributed by atoms with Gasteiger partial charge < -0.3 is 4.74 Å². The average molecular weight is 278 g/mol. The Bertz CT molecular complexity index is 366. The van der Waals surface area contributed by atoms with Crippen molar-refractivity contribution in [2.75, 3.05) is 32.8 Å². The third kappa shape index (κ3) is 4.42. The Morgan fingerprint density at radius 2 is 2.05 bits per heavy atom. The summed E-state index contributed by atoms with van der Waals surface area (Å²) in [5, 5.41) is 0. The van der Waals surface area contributed by atoms with E-state index < -0.39 is 0 Å². The standard InChI is InChI=1S/C16H26N2O2/c1-2-3-14-20-16(19)18-13-7-9-15(18)8-6-12-17-10-4-5-11-17/h15H,2-5,7,9-14H2,1H3/t15-/m0/s1. The van der Waals surface area contributed by atoms with E-state index in [-0.39, 0.29) is 12.1 Å². The molecule has 1 amide bonds. The van der Waals surface area contributed by atoms with Crippen molar-refractivity contribution < 1.29 is 9.53 Å². The van der Waals surface area contributed by atoms with Crippen LogP contribution in [0, 0.1) is 11.8 Å². The highest BCUT2D eigenvalue weighted by Gasteiger charge is 2.28. The van der Waals surface area contributed by atoms with Gasteiger partial charge in [0.15, 0.2) is 0 Å². The van der Waals surface area contributed by atoms with Gasteiger partial charge in [-0.2, -0.15) is 0 Å². The summed E-state index contributed by atoms with van der Waals surface area (Å²) in [5.74, 6) is 6.51. The van der Waals surface area contributed by atoms with Crippen LogP contribution in [-0.4, -0.2) is 54.7 Å². The zero-order chi connectivity index (χ0) is 14.2. The predicted molar refractivity (Wildman–Crippen MR) is 79.4 cm³/mol. The number of likely N-dealkylation sites (tertiary alicyclic amines) is 2. The van der Waals surface area contributed by atoms with Gasteiger partial charge in [-0.3, -0.25) is 9.80 Å². The van der Waals surface area contributed by atoms with Crippen LogP contribution < -0.4 is 0 Å². The van der Waals surface area contributed by atoms with Crippen molar-refractivity contribution in [3.05, 3.63) is 0 Å². The highest BCUT2D eigenvalue weighted by atomic mass is 16.6. The minimum atomic E-state index is -0.184. The quantitative estimate of drug-likeness (QED) is 0.585. The minimum Gasteiger partial charge on any atom is -0.449 e. The second-order valence-corrected chi connectivity index (χ2v) is 5.62. The van der Waals surface area contributed by atoms with E-state index in [2.05, 4.69) is 23.7 Å². The van der Waals surface area contributed by atoms with Gasteiger partial charge in [0.1, 0.15) is 0 Å².